The van der Waals surface area contributed by atoms with E-state index >= 15 is 0 Å². The van der Waals surface area contributed by atoms with Gasteiger partial charge in [-0.2, -0.15) is 0 Å². The molecule has 21 heavy (non-hydrogen) atoms. The first kappa shape index (κ1) is 17.8. The molecule has 1 aliphatic heterocycles. The molecule has 1 aromatic rings. The number of hydrogen-bond acceptors (Lipinski definition) is 4. The van der Waals surface area contributed by atoms with Crippen LogP contribution in [0.15, 0.2) is 24.3 Å². The van der Waals surface area contributed by atoms with Crippen LogP contribution in [0, 0.1) is 0 Å². The highest BCUT2D eigenvalue weighted by molar-refractivity contribution is 5.92. The number of rotatable bonds is 5. The minimum absolute atomic E-state index is 0. The number of nitrogens with zero attached hydrogens (tertiary/aromatic N) is 1. The molecule has 1 heterocycles. The highest BCUT2D eigenvalue weighted by Gasteiger charge is 2.17. The fourth-order valence-corrected chi connectivity index (χ4v) is 2.36. The maximum Gasteiger partial charge on any atom is 0.238 e. The molecule has 0 bridgehead atoms. The first-order chi connectivity index (χ1) is 9.67. The van der Waals surface area contributed by atoms with Crippen LogP contribution in [0.4, 0.5) is 5.69 Å². The zero-order valence-electron chi connectivity index (χ0n) is 12.6. The molecule has 0 aromatic heterocycles. The van der Waals surface area contributed by atoms with Crippen LogP contribution in [0.5, 0.6) is 5.75 Å². The number of carbonyl (C=O) groups excluding carboxylic acids is 1. The maximum absolute atomic E-state index is 12.0. The van der Waals surface area contributed by atoms with Gasteiger partial charge < -0.3 is 15.4 Å². The molecule has 0 spiro atoms. The van der Waals surface area contributed by atoms with Crippen molar-refractivity contribution in [1.82, 2.24) is 10.2 Å². The number of hydrogen-bond donors (Lipinski definition) is 2. The second kappa shape index (κ2) is 8.87. The molecule has 2 N–H and O–H groups in total. The third kappa shape index (κ3) is 5.91. The van der Waals surface area contributed by atoms with Crippen molar-refractivity contribution in [2.45, 2.75) is 19.9 Å². The Morgan fingerprint density at radius 1 is 1.43 bits per heavy atom. The Morgan fingerprint density at radius 2 is 2.14 bits per heavy atom. The maximum atomic E-state index is 12.0. The summed E-state index contributed by atoms with van der Waals surface area (Å²) in [5, 5.41) is 6.28. The van der Waals surface area contributed by atoms with Crippen molar-refractivity contribution in [3.63, 3.8) is 0 Å². The van der Waals surface area contributed by atoms with Crippen molar-refractivity contribution in [3.8, 4) is 5.75 Å². The Balaban J connectivity index is 0.00000220. The molecule has 0 saturated carbocycles. The quantitative estimate of drug-likeness (QED) is 0.869. The monoisotopic (exact) mass is 313 g/mol. The summed E-state index contributed by atoms with van der Waals surface area (Å²) in [6, 6.07) is 7.91. The Labute approximate surface area is 132 Å². The van der Waals surface area contributed by atoms with E-state index < -0.39 is 0 Å². The van der Waals surface area contributed by atoms with E-state index in [-0.39, 0.29) is 18.3 Å². The summed E-state index contributed by atoms with van der Waals surface area (Å²) in [6.45, 7) is 7.95. The normalized spacial score (nSPS) is 18.7. The molecule has 1 amide bonds. The van der Waals surface area contributed by atoms with Gasteiger partial charge in [0.25, 0.3) is 0 Å². The Kier molecular flexibility index (Phi) is 7.50. The van der Waals surface area contributed by atoms with Crippen LogP contribution in [0.25, 0.3) is 0 Å². The lowest BCUT2D eigenvalue weighted by Gasteiger charge is -2.31. The van der Waals surface area contributed by atoms with E-state index in [4.69, 9.17) is 4.74 Å². The van der Waals surface area contributed by atoms with Gasteiger partial charge in [-0.25, -0.2) is 0 Å². The van der Waals surface area contributed by atoms with Crippen molar-refractivity contribution in [1.29, 1.82) is 0 Å². The molecule has 2 rings (SSSR count). The number of carbonyl (C=O) groups is 1. The number of piperazine rings is 1. The van der Waals surface area contributed by atoms with Gasteiger partial charge in [0.1, 0.15) is 5.75 Å². The summed E-state index contributed by atoms with van der Waals surface area (Å²) >= 11 is 0. The van der Waals surface area contributed by atoms with Crippen LogP contribution >= 0.6 is 12.4 Å². The van der Waals surface area contributed by atoms with E-state index in [0.29, 0.717) is 19.2 Å². The minimum Gasteiger partial charge on any atom is -0.494 e. The molecule has 118 valence electrons. The van der Waals surface area contributed by atoms with E-state index in [1.165, 1.54) is 0 Å². The van der Waals surface area contributed by atoms with Gasteiger partial charge in [-0.05, 0) is 38.1 Å². The van der Waals surface area contributed by atoms with Crippen molar-refractivity contribution in [2.24, 2.45) is 0 Å². The van der Waals surface area contributed by atoms with Gasteiger partial charge >= 0.3 is 0 Å². The van der Waals surface area contributed by atoms with Crippen molar-refractivity contribution < 1.29 is 9.53 Å². The first-order valence-corrected chi connectivity index (χ1v) is 7.16. The molecule has 1 aliphatic rings. The number of ether oxygens (including phenoxy) is 1. The smallest absolute Gasteiger partial charge is 0.238 e. The highest BCUT2D eigenvalue weighted by Crippen LogP contribution is 2.15. The van der Waals surface area contributed by atoms with Crippen LogP contribution < -0.4 is 15.4 Å². The van der Waals surface area contributed by atoms with E-state index in [0.717, 1.165) is 31.1 Å². The summed E-state index contributed by atoms with van der Waals surface area (Å²) in [5.74, 6) is 0.852. The van der Waals surface area contributed by atoms with E-state index in [2.05, 4.69) is 22.5 Å². The molecule has 1 fully saturated rings. The molecule has 0 radical (unpaired) electrons. The lowest BCUT2D eigenvalue weighted by molar-refractivity contribution is -0.117. The average Bonchev–Trinajstić information content (AvgIpc) is 2.41. The van der Waals surface area contributed by atoms with Crippen molar-refractivity contribution in [3.05, 3.63) is 24.3 Å². The largest absolute Gasteiger partial charge is 0.494 e. The lowest BCUT2D eigenvalue weighted by Crippen LogP contribution is -2.51. The zero-order chi connectivity index (χ0) is 14.4. The molecule has 1 aromatic carbocycles. The Hall–Kier alpha value is -1.30. The Bertz CT molecular complexity index is 439. The molecule has 1 unspecified atom stereocenters. The number of benzene rings is 1. The molecular weight excluding hydrogens is 290 g/mol. The van der Waals surface area contributed by atoms with E-state index in [1.54, 1.807) is 0 Å². The molecule has 1 saturated heterocycles. The van der Waals surface area contributed by atoms with E-state index in [9.17, 15) is 4.79 Å². The van der Waals surface area contributed by atoms with Crippen LogP contribution in [-0.2, 0) is 4.79 Å². The lowest BCUT2D eigenvalue weighted by atomic mass is 10.2. The van der Waals surface area contributed by atoms with Crippen molar-refractivity contribution in [2.75, 3.05) is 38.1 Å². The van der Waals surface area contributed by atoms with Gasteiger partial charge in [0, 0.05) is 31.4 Å². The fraction of sp³-hybridized carbons (Fsp3) is 0.533. The van der Waals surface area contributed by atoms with Gasteiger partial charge in [0.15, 0.2) is 0 Å². The van der Waals surface area contributed by atoms with Gasteiger partial charge in [-0.15, -0.1) is 12.4 Å². The molecule has 0 aliphatic carbocycles. The third-order valence-corrected chi connectivity index (χ3v) is 3.27. The summed E-state index contributed by atoms with van der Waals surface area (Å²) in [5.41, 5.74) is 0.807. The zero-order valence-corrected chi connectivity index (χ0v) is 13.4. The minimum atomic E-state index is 0. The topological polar surface area (TPSA) is 53.6 Å². The predicted molar refractivity (Wildman–Crippen MR) is 87.4 cm³/mol. The predicted octanol–water partition coefficient (Wildman–Crippen LogP) is 1.74. The SMILES string of the molecule is CCOc1ccc(NC(=O)CN2CCNC(C)C2)cc1.Cl. The van der Waals surface area contributed by atoms with Crippen LogP contribution in [0.3, 0.4) is 0 Å². The molecule has 6 heteroatoms. The average molecular weight is 314 g/mol. The van der Waals surface area contributed by atoms with Gasteiger partial charge in [0.05, 0.1) is 13.2 Å². The second-order valence-electron chi connectivity index (χ2n) is 5.10. The third-order valence-electron chi connectivity index (χ3n) is 3.27. The second-order valence-corrected chi connectivity index (χ2v) is 5.10. The fourth-order valence-electron chi connectivity index (χ4n) is 2.36. The van der Waals surface area contributed by atoms with Gasteiger partial charge in [-0.3, -0.25) is 9.69 Å². The molecule has 1 atom stereocenters. The number of anilines is 1. The number of halogens is 1. The van der Waals surface area contributed by atoms with Gasteiger partial charge in [0.2, 0.25) is 5.91 Å². The highest BCUT2D eigenvalue weighted by atomic mass is 35.5. The van der Waals surface area contributed by atoms with Crippen LogP contribution in [-0.4, -0.2) is 49.6 Å². The summed E-state index contributed by atoms with van der Waals surface area (Å²) in [7, 11) is 0. The van der Waals surface area contributed by atoms with Crippen LogP contribution in [0.2, 0.25) is 0 Å². The Morgan fingerprint density at radius 3 is 2.76 bits per heavy atom. The summed E-state index contributed by atoms with van der Waals surface area (Å²) < 4.78 is 5.37. The molecule has 5 nitrogen and oxygen atoms in total. The summed E-state index contributed by atoms with van der Waals surface area (Å²) in [6.07, 6.45) is 0. The number of amides is 1. The van der Waals surface area contributed by atoms with Gasteiger partial charge in [-0.1, -0.05) is 0 Å². The first-order valence-electron chi connectivity index (χ1n) is 7.16. The molecular formula is C15H24ClN3O2. The van der Waals surface area contributed by atoms with Crippen molar-refractivity contribution >= 4 is 24.0 Å². The standard InChI is InChI=1S/C15H23N3O2.ClH/c1-3-20-14-6-4-13(5-7-14)17-15(19)11-18-9-8-16-12(2)10-18;/h4-7,12,16H,3,8-11H2,1-2H3,(H,17,19);1H. The van der Waals surface area contributed by atoms with Crippen LogP contribution in [0.1, 0.15) is 13.8 Å². The summed E-state index contributed by atoms with van der Waals surface area (Å²) in [4.78, 5) is 14.2. The number of nitrogens with one attached hydrogen (secondary N) is 2. The van der Waals surface area contributed by atoms with E-state index in [1.807, 2.05) is 31.2 Å².